The molecule has 6 fully saturated rings. The standard InChI is InChI=1S/C71H106N2O5/c1-13-55-48-38-45(6)42-71(55,73-65(74)76-51-30-34-67(9)49(40-51)20-22-53-58-26-24-56(46(7)18-14-16-43(2)3)69(58,11)36-32-60(53)67)62-28-29-64(72-63(62)39-48)78-66(75)77-52-31-35-68(10)50(41-52)21-23-54-59-27-25-57(47(8)19-15-17-44(4)5)70(59,12)37-33-61(54)68/h13,20-21,28-29,38,43-44,46-48,51-54,56-61H,14-19,22-27,30-37,39-42H2,1-12H3,(H,73,74)/t46?,47?,48?,51-,52-,53-,54-,56?,57?,58?,59?,60?,61?,67-,68-,69+,70+,71?/m0/s1. The lowest BCUT2D eigenvalue weighted by Gasteiger charge is -2.58. The van der Waals surface area contributed by atoms with Crippen LogP contribution < -0.4 is 10.1 Å². The number of allylic oxidation sites excluding steroid dienone is 4. The first-order valence-corrected chi connectivity index (χ1v) is 32.8. The maximum absolute atomic E-state index is 14.5. The van der Waals surface area contributed by atoms with E-state index in [-0.39, 0.29) is 40.9 Å². The van der Waals surface area contributed by atoms with Gasteiger partial charge in [0.15, 0.2) is 0 Å². The van der Waals surface area contributed by atoms with Crippen molar-refractivity contribution in [3.8, 4) is 5.88 Å². The fraction of sp³-hybridized carbons (Fsp3) is 0.789. The van der Waals surface area contributed by atoms with Crippen LogP contribution >= 0.6 is 0 Å². The summed E-state index contributed by atoms with van der Waals surface area (Å²) in [5.74, 6) is 9.94. The minimum atomic E-state index is -0.793. The smallest absolute Gasteiger partial charge is 0.446 e. The van der Waals surface area contributed by atoms with Gasteiger partial charge in [0.05, 0.1) is 11.2 Å². The first-order chi connectivity index (χ1) is 37.2. The van der Waals surface area contributed by atoms with Crippen molar-refractivity contribution in [2.24, 2.45) is 98.6 Å². The summed E-state index contributed by atoms with van der Waals surface area (Å²) in [4.78, 5) is 33.2. The van der Waals surface area contributed by atoms with Gasteiger partial charge in [-0.2, -0.15) is 0 Å². The van der Waals surface area contributed by atoms with E-state index in [9.17, 15) is 9.59 Å². The van der Waals surface area contributed by atoms with Gasteiger partial charge in [-0.25, -0.2) is 14.6 Å². The molecule has 0 spiro atoms. The molecule has 430 valence electrons. The normalized spacial score (nSPS) is 41.6. The van der Waals surface area contributed by atoms with Crippen molar-refractivity contribution in [1.29, 1.82) is 0 Å². The number of fused-ring (bicyclic) bond motifs is 14. The molecular weight excluding hydrogens is 961 g/mol. The third kappa shape index (κ3) is 9.95. The van der Waals surface area contributed by atoms with Crippen LogP contribution in [0, 0.1) is 98.6 Å². The molecule has 0 saturated heterocycles. The molecule has 7 heteroatoms. The maximum Gasteiger partial charge on any atom is 0.515 e. The van der Waals surface area contributed by atoms with Gasteiger partial charge in [0.1, 0.15) is 12.2 Å². The molecule has 2 bridgehead atoms. The topological polar surface area (TPSA) is 86.8 Å². The largest absolute Gasteiger partial charge is 0.515 e. The van der Waals surface area contributed by atoms with Crippen molar-refractivity contribution in [2.75, 3.05) is 0 Å². The molecule has 1 aromatic heterocycles. The number of carbonyl (C=O) groups excluding carboxylic acids is 2. The van der Waals surface area contributed by atoms with Gasteiger partial charge in [-0.05, 0) is 214 Å². The van der Waals surface area contributed by atoms with E-state index in [0.717, 1.165) is 121 Å². The first kappa shape index (κ1) is 56.5. The monoisotopic (exact) mass is 1070 g/mol. The second-order valence-corrected chi connectivity index (χ2v) is 30.6. The number of aromatic nitrogens is 1. The zero-order valence-electron chi connectivity index (χ0n) is 51.1. The predicted octanol–water partition coefficient (Wildman–Crippen LogP) is 18.8. The van der Waals surface area contributed by atoms with E-state index in [4.69, 9.17) is 19.2 Å². The molecule has 6 saturated carbocycles. The van der Waals surface area contributed by atoms with Crippen LogP contribution in [-0.2, 0) is 21.4 Å². The minimum absolute atomic E-state index is 0.0682. The third-order valence-electron chi connectivity index (χ3n) is 25.6. The van der Waals surface area contributed by atoms with E-state index in [2.05, 4.69) is 113 Å². The Balaban J connectivity index is 0.712. The average molecular weight is 1070 g/mol. The van der Waals surface area contributed by atoms with Gasteiger partial charge in [0, 0.05) is 36.8 Å². The van der Waals surface area contributed by atoms with Gasteiger partial charge in [0.25, 0.3) is 0 Å². The summed E-state index contributed by atoms with van der Waals surface area (Å²) in [6, 6.07) is 3.83. The lowest BCUT2D eigenvalue weighted by molar-refractivity contribution is -0.0597. The second kappa shape index (κ2) is 21.8. The molecule has 10 unspecified atom stereocenters. The molecule has 1 N–H and O–H groups in total. The molecule has 10 aliphatic carbocycles. The molecule has 0 aromatic carbocycles. The SMILES string of the molecule is CC=C1C2C=C(C)CC1(NC(=O)O[C@H]1CC[C@@]3(C)C(=CC[C@H]4C5CCC(C(C)CCCC(C)C)[C@@]5(C)CCC43)C1)c1ccc(OC(=O)O[C@H]3CC[C@@]4(C)C(=CC[C@H]5C6CCC(C(C)CCCC(C)C)[C@@]6(C)CCC54)C3)nc1C2. The van der Waals surface area contributed by atoms with E-state index in [1.165, 1.54) is 119 Å². The fourth-order valence-electron chi connectivity index (χ4n) is 21.8. The highest BCUT2D eigenvalue weighted by Crippen LogP contribution is 2.69. The van der Waals surface area contributed by atoms with Gasteiger partial charge in [-0.3, -0.25) is 0 Å². The Hall–Kier alpha value is -3.35. The molecule has 0 radical (unpaired) electrons. The summed E-state index contributed by atoms with van der Waals surface area (Å²) in [6.07, 6.45) is 36.9. The Morgan fingerprint density at radius 2 is 1.21 bits per heavy atom. The zero-order valence-corrected chi connectivity index (χ0v) is 51.1. The summed E-state index contributed by atoms with van der Waals surface area (Å²) in [5.41, 5.74) is 7.81. The van der Waals surface area contributed by atoms with Crippen LogP contribution in [0.4, 0.5) is 9.59 Å². The van der Waals surface area contributed by atoms with Crippen molar-refractivity contribution in [2.45, 2.75) is 255 Å². The average Bonchev–Trinajstić information content (AvgIpc) is 4.08. The number of pyridine rings is 1. The van der Waals surface area contributed by atoms with Crippen LogP contribution in [0.2, 0.25) is 0 Å². The highest BCUT2D eigenvalue weighted by Gasteiger charge is 2.61. The Morgan fingerprint density at radius 1 is 0.667 bits per heavy atom. The highest BCUT2D eigenvalue weighted by atomic mass is 16.7. The summed E-state index contributed by atoms with van der Waals surface area (Å²) in [7, 11) is 0. The van der Waals surface area contributed by atoms with Crippen LogP contribution in [0.15, 0.2) is 58.7 Å². The molecule has 18 atom stereocenters. The van der Waals surface area contributed by atoms with E-state index in [0.29, 0.717) is 23.7 Å². The molecule has 10 aliphatic rings. The Kier molecular flexibility index (Phi) is 15.8. The Bertz CT molecular complexity index is 2540. The highest BCUT2D eigenvalue weighted by molar-refractivity contribution is 5.72. The first-order valence-electron chi connectivity index (χ1n) is 32.8. The Labute approximate surface area is 473 Å². The molecule has 11 rings (SSSR count). The van der Waals surface area contributed by atoms with E-state index < -0.39 is 11.7 Å². The second-order valence-electron chi connectivity index (χ2n) is 30.6. The number of alkyl carbamates (subject to hydrolysis) is 1. The summed E-state index contributed by atoms with van der Waals surface area (Å²) >= 11 is 0. The number of nitrogens with zero attached hydrogens (tertiary/aromatic N) is 1. The number of nitrogens with one attached hydrogen (secondary N) is 1. The third-order valence-corrected chi connectivity index (χ3v) is 25.6. The van der Waals surface area contributed by atoms with Crippen LogP contribution in [0.25, 0.3) is 0 Å². The van der Waals surface area contributed by atoms with Gasteiger partial charge >= 0.3 is 12.2 Å². The van der Waals surface area contributed by atoms with Crippen LogP contribution in [0.5, 0.6) is 5.88 Å². The summed E-state index contributed by atoms with van der Waals surface area (Å²) in [6.45, 7) is 29.4. The number of rotatable bonds is 14. The van der Waals surface area contributed by atoms with E-state index >= 15 is 0 Å². The lowest BCUT2D eigenvalue weighted by Crippen LogP contribution is -2.54. The summed E-state index contributed by atoms with van der Waals surface area (Å²) in [5, 5.41) is 3.50. The molecule has 1 heterocycles. The number of amides is 1. The van der Waals surface area contributed by atoms with Crippen molar-refractivity contribution in [3.05, 3.63) is 70.0 Å². The minimum Gasteiger partial charge on any atom is -0.446 e. The number of hydrogen-bond acceptors (Lipinski definition) is 6. The predicted molar refractivity (Wildman–Crippen MR) is 316 cm³/mol. The quantitative estimate of drug-likeness (QED) is 0.148. The van der Waals surface area contributed by atoms with Gasteiger partial charge in [-0.1, -0.05) is 149 Å². The zero-order chi connectivity index (χ0) is 55.1. The Morgan fingerprint density at radius 3 is 1.73 bits per heavy atom. The van der Waals surface area contributed by atoms with Gasteiger partial charge in [-0.15, -0.1) is 0 Å². The van der Waals surface area contributed by atoms with Gasteiger partial charge in [0.2, 0.25) is 5.88 Å². The van der Waals surface area contributed by atoms with Crippen LogP contribution in [0.3, 0.4) is 0 Å². The molecule has 7 nitrogen and oxygen atoms in total. The van der Waals surface area contributed by atoms with Crippen LogP contribution in [0.1, 0.15) is 242 Å². The van der Waals surface area contributed by atoms with Crippen molar-refractivity contribution in [1.82, 2.24) is 10.3 Å². The summed E-state index contributed by atoms with van der Waals surface area (Å²) < 4.78 is 18.7. The van der Waals surface area contributed by atoms with Crippen molar-refractivity contribution < 1.29 is 23.8 Å². The molecule has 78 heavy (non-hydrogen) atoms. The number of carbonyl (C=O) groups is 2. The number of ether oxygens (including phenoxy) is 3. The maximum atomic E-state index is 14.5. The van der Waals surface area contributed by atoms with E-state index in [1.54, 1.807) is 11.6 Å². The number of hydrogen-bond donors (Lipinski definition) is 1. The molecule has 0 aliphatic heterocycles. The molecule has 1 amide bonds. The van der Waals surface area contributed by atoms with Gasteiger partial charge < -0.3 is 19.5 Å². The van der Waals surface area contributed by atoms with Crippen molar-refractivity contribution >= 4 is 12.2 Å². The molecular formula is C71H106N2O5. The van der Waals surface area contributed by atoms with Crippen molar-refractivity contribution in [3.63, 3.8) is 0 Å². The molecule has 1 aromatic rings. The fourth-order valence-corrected chi connectivity index (χ4v) is 21.8. The van der Waals surface area contributed by atoms with E-state index in [1.807, 2.05) is 6.07 Å². The van der Waals surface area contributed by atoms with Crippen LogP contribution in [-0.4, -0.2) is 29.4 Å². The lowest BCUT2D eigenvalue weighted by atomic mass is 9.47.